The average Bonchev–Trinajstić information content (AvgIpc) is 3.52. The molecule has 11 heteroatoms. The number of piperidine rings is 1. The molecule has 5 rings (SSSR count). The predicted molar refractivity (Wildman–Crippen MR) is 110 cm³/mol. The number of ether oxygens (including phenoxy) is 1. The first-order valence-electron chi connectivity index (χ1n) is 10.8. The zero-order valence-electron chi connectivity index (χ0n) is 17.8. The van der Waals surface area contributed by atoms with Gasteiger partial charge in [0.05, 0.1) is 17.2 Å². The molecule has 0 aliphatic carbocycles. The third-order valence-corrected chi connectivity index (χ3v) is 6.81. The first-order chi connectivity index (χ1) is 15.4. The molecule has 2 saturated heterocycles. The molecule has 2 aromatic heterocycles. The molecule has 1 unspecified atom stereocenters. The number of rotatable bonds is 5. The van der Waals surface area contributed by atoms with Gasteiger partial charge in [0.15, 0.2) is 5.82 Å². The molecule has 3 aliphatic rings. The van der Waals surface area contributed by atoms with Gasteiger partial charge in [0.2, 0.25) is 5.91 Å². The normalized spacial score (nSPS) is 21.8. The summed E-state index contributed by atoms with van der Waals surface area (Å²) in [6.07, 6.45) is 4.49. The summed E-state index contributed by atoms with van der Waals surface area (Å²) < 4.78 is 6.44. The lowest BCUT2D eigenvalue weighted by Gasteiger charge is -2.38. The molecule has 1 amide bonds. The SMILES string of the molecule is Cc1nc(-n2cnnn2)ccc1C(O)CN1CCC2(CC1)CCN(C1=CC(=O)OC1)C2=O. The number of carbonyl (C=O) groups is 2. The van der Waals surface area contributed by atoms with E-state index in [0.717, 1.165) is 43.6 Å². The van der Waals surface area contributed by atoms with Crippen LogP contribution in [0.2, 0.25) is 0 Å². The minimum atomic E-state index is -0.679. The van der Waals surface area contributed by atoms with Crippen molar-refractivity contribution in [3.05, 3.63) is 41.5 Å². The highest BCUT2D eigenvalue weighted by Crippen LogP contribution is 2.43. The highest BCUT2D eigenvalue weighted by atomic mass is 16.5. The number of tetrazole rings is 1. The molecule has 0 radical (unpaired) electrons. The van der Waals surface area contributed by atoms with Gasteiger partial charge in [0, 0.05) is 30.4 Å². The smallest absolute Gasteiger partial charge is 0.333 e. The number of aromatic nitrogens is 5. The molecule has 2 aromatic rings. The number of nitrogens with zero attached hydrogens (tertiary/aromatic N) is 7. The van der Waals surface area contributed by atoms with Crippen LogP contribution in [0.5, 0.6) is 0 Å². The fourth-order valence-electron chi connectivity index (χ4n) is 4.89. The second-order valence-corrected chi connectivity index (χ2v) is 8.65. The summed E-state index contributed by atoms with van der Waals surface area (Å²) in [5.74, 6) is 0.311. The lowest BCUT2D eigenvalue weighted by Crippen LogP contribution is -2.45. The number of aliphatic hydroxyl groups excluding tert-OH is 1. The highest BCUT2D eigenvalue weighted by molar-refractivity contribution is 5.90. The Morgan fingerprint density at radius 2 is 1.97 bits per heavy atom. The van der Waals surface area contributed by atoms with E-state index in [2.05, 4.69) is 25.4 Å². The molecular formula is C21H25N7O4. The summed E-state index contributed by atoms with van der Waals surface area (Å²) >= 11 is 0. The summed E-state index contributed by atoms with van der Waals surface area (Å²) in [6, 6.07) is 3.64. The van der Waals surface area contributed by atoms with Crippen molar-refractivity contribution in [1.29, 1.82) is 0 Å². The van der Waals surface area contributed by atoms with Crippen LogP contribution in [0.3, 0.4) is 0 Å². The Morgan fingerprint density at radius 3 is 2.62 bits per heavy atom. The maximum absolute atomic E-state index is 13.1. The van der Waals surface area contributed by atoms with Gasteiger partial charge in [-0.25, -0.2) is 9.78 Å². The van der Waals surface area contributed by atoms with Crippen LogP contribution in [0.1, 0.15) is 36.6 Å². The van der Waals surface area contributed by atoms with Crippen LogP contribution in [-0.4, -0.2) is 84.8 Å². The van der Waals surface area contributed by atoms with E-state index in [0.29, 0.717) is 24.6 Å². The standard InChI is InChI=1S/C21H25N7O4/c1-14-16(2-3-18(23-14)28-13-22-24-25-28)17(29)11-26-7-4-21(5-8-26)6-9-27(20(21)31)15-10-19(30)32-12-15/h2-3,10,13,17,29H,4-9,11-12H2,1H3. The molecule has 5 heterocycles. The zero-order chi connectivity index (χ0) is 22.3. The summed E-state index contributed by atoms with van der Waals surface area (Å²) in [4.78, 5) is 32.9. The van der Waals surface area contributed by atoms with E-state index < -0.39 is 6.10 Å². The third-order valence-electron chi connectivity index (χ3n) is 6.81. The molecule has 168 valence electrons. The minimum Gasteiger partial charge on any atom is -0.456 e. The van der Waals surface area contributed by atoms with E-state index in [9.17, 15) is 14.7 Å². The summed E-state index contributed by atoms with van der Waals surface area (Å²) in [5, 5.41) is 21.9. The Bertz CT molecular complexity index is 1060. The second-order valence-electron chi connectivity index (χ2n) is 8.65. The van der Waals surface area contributed by atoms with Crippen LogP contribution in [0.4, 0.5) is 0 Å². The lowest BCUT2D eigenvalue weighted by atomic mass is 9.77. The number of pyridine rings is 1. The summed E-state index contributed by atoms with van der Waals surface area (Å²) in [6.45, 7) is 4.62. The minimum absolute atomic E-state index is 0.0977. The Labute approximate surface area is 184 Å². The number of hydrogen-bond donors (Lipinski definition) is 1. The fraction of sp³-hybridized carbons (Fsp3) is 0.524. The zero-order valence-corrected chi connectivity index (χ0v) is 17.8. The molecular weight excluding hydrogens is 414 g/mol. The quantitative estimate of drug-likeness (QED) is 0.648. The van der Waals surface area contributed by atoms with Crippen LogP contribution < -0.4 is 0 Å². The third kappa shape index (κ3) is 3.67. The van der Waals surface area contributed by atoms with Crippen molar-refractivity contribution in [2.24, 2.45) is 5.41 Å². The Kier molecular flexibility index (Phi) is 5.22. The summed E-state index contributed by atoms with van der Waals surface area (Å²) in [7, 11) is 0. The van der Waals surface area contributed by atoms with Crippen molar-refractivity contribution in [3.63, 3.8) is 0 Å². The fourth-order valence-corrected chi connectivity index (χ4v) is 4.89. The van der Waals surface area contributed by atoms with E-state index in [1.54, 1.807) is 11.0 Å². The summed E-state index contributed by atoms with van der Waals surface area (Å²) in [5.41, 5.74) is 1.78. The number of carbonyl (C=O) groups excluding carboxylic acids is 2. The maximum Gasteiger partial charge on any atom is 0.333 e. The number of cyclic esters (lactones) is 1. The van der Waals surface area contributed by atoms with Crippen LogP contribution in [-0.2, 0) is 14.3 Å². The van der Waals surface area contributed by atoms with Crippen LogP contribution in [0.25, 0.3) is 5.82 Å². The number of likely N-dealkylation sites (tertiary alicyclic amines) is 2. The number of esters is 1. The monoisotopic (exact) mass is 439 g/mol. The van der Waals surface area contributed by atoms with Gasteiger partial charge >= 0.3 is 5.97 Å². The topological polar surface area (TPSA) is 127 Å². The van der Waals surface area contributed by atoms with Gasteiger partial charge in [-0.3, -0.25) is 4.79 Å². The van der Waals surface area contributed by atoms with E-state index in [1.165, 1.54) is 17.1 Å². The first kappa shape index (κ1) is 20.7. The number of amides is 1. The molecule has 1 atom stereocenters. The highest BCUT2D eigenvalue weighted by Gasteiger charge is 2.49. The van der Waals surface area contributed by atoms with Crippen LogP contribution in [0, 0.1) is 12.3 Å². The van der Waals surface area contributed by atoms with Crippen LogP contribution in [0.15, 0.2) is 30.2 Å². The Balaban J connectivity index is 1.20. The van der Waals surface area contributed by atoms with Gasteiger partial charge < -0.3 is 19.6 Å². The molecule has 1 N–H and O–H groups in total. The average molecular weight is 439 g/mol. The van der Waals surface area contributed by atoms with Crippen molar-refractivity contribution < 1.29 is 19.4 Å². The first-order valence-corrected chi connectivity index (χ1v) is 10.8. The molecule has 0 aromatic carbocycles. The molecule has 2 fully saturated rings. The van der Waals surface area contributed by atoms with E-state index in [-0.39, 0.29) is 23.9 Å². The predicted octanol–water partition coefficient (Wildman–Crippen LogP) is 0.154. The van der Waals surface area contributed by atoms with Gasteiger partial charge in [-0.2, -0.15) is 4.68 Å². The van der Waals surface area contributed by atoms with E-state index >= 15 is 0 Å². The van der Waals surface area contributed by atoms with Gasteiger partial charge in [-0.05, 0) is 55.8 Å². The molecule has 0 bridgehead atoms. The lowest BCUT2D eigenvalue weighted by molar-refractivity contribution is -0.138. The van der Waals surface area contributed by atoms with Gasteiger partial charge in [0.25, 0.3) is 0 Å². The number of β-amino-alcohol motifs (C(OH)–C–C–N with tert-alkyl or cyclic N) is 1. The van der Waals surface area contributed by atoms with Crippen molar-refractivity contribution in [2.75, 3.05) is 32.8 Å². The Morgan fingerprint density at radius 1 is 1.19 bits per heavy atom. The molecule has 1 spiro atoms. The van der Waals surface area contributed by atoms with Crippen molar-refractivity contribution in [3.8, 4) is 5.82 Å². The molecule has 32 heavy (non-hydrogen) atoms. The maximum atomic E-state index is 13.1. The number of hydrogen-bond acceptors (Lipinski definition) is 9. The van der Waals surface area contributed by atoms with Gasteiger partial charge in [-0.1, -0.05) is 6.07 Å². The molecule has 3 aliphatic heterocycles. The van der Waals surface area contributed by atoms with Crippen molar-refractivity contribution in [2.45, 2.75) is 32.3 Å². The Hall–Kier alpha value is -3.18. The number of aryl methyl sites for hydroxylation is 1. The second kappa shape index (κ2) is 8.06. The van der Waals surface area contributed by atoms with Crippen molar-refractivity contribution >= 4 is 11.9 Å². The van der Waals surface area contributed by atoms with E-state index in [4.69, 9.17) is 4.74 Å². The van der Waals surface area contributed by atoms with Gasteiger partial charge in [-0.15, -0.1) is 5.10 Å². The molecule has 0 saturated carbocycles. The van der Waals surface area contributed by atoms with Gasteiger partial charge in [0.1, 0.15) is 12.9 Å². The van der Waals surface area contributed by atoms with E-state index in [1.807, 2.05) is 13.0 Å². The number of aliphatic hydroxyl groups is 1. The molecule has 11 nitrogen and oxygen atoms in total. The largest absolute Gasteiger partial charge is 0.456 e. The van der Waals surface area contributed by atoms with Crippen molar-refractivity contribution in [1.82, 2.24) is 35.0 Å². The van der Waals surface area contributed by atoms with Crippen LogP contribution >= 0.6 is 0 Å².